The molecule has 3 aromatic carbocycles. The van der Waals surface area contributed by atoms with Gasteiger partial charge in [-0.3, -0.25) is 0 Å². The number of nitrogens with zero attached hydrogens (tertiary/aromatic N) is 3. The molecule has 3 nitrogen and oxygen atoms in total. The average Bonchev–Trinajstić information content (AvgIpc) is 3.18. The topological polar surface area (TPSA) is 30.7 Å². The van der Waals surface area contributed by atoms with Gasteiger partial charge in [0.05, 0.1) is 28.0 Å². The molecule has 0 unspecified atom stereocenters. The lowest BCUT2D eigenvalue weighted by molar-refractivity contribution is -0.137. The second-order valence-corrected chi connectivity index (χ2v) is 8.57. The molecular weight excluding hydrogens is 435 g/mol. The van der Waals surface area contributed by atoms with Crippen molar-refractivity contribution in [3.05, 3.63) is 101 Å². The van der Waals surface area contributed by atoms with Crippen molar-refractivity contribution in [2.24, 2.45) is 0 Å². The first kappa shape index (κ1) is 20.7. The molecule has 2 aromatic heterocycles. The number of rotatable bonds is 2. The van der Waals surface area contributed by atoms with Crippen LogP contribution in [0.3, 0.4) is 0 Å². The Kier molecular flexibility index (Phi) is 4.59. The van der Waals surface area contributed by atoms with Crippen molar-refractivity contribution in [2.75, 3.05) is 0 Å². The van der Waals surface area contributed by atoms with E-state index in [-0.39, 0.29) is 0 Å². The molecule has 0 radical (unpaired) electrons. The molecule has 2 heterocycles. The third kappa shape index (κ3) is 3.21. The van der Waals surface area contributed by atoms with Crippen LogP contribution in [0.5, 0.6) is 0 Å². The van der Waals surface area contributed by atoms with E-state index in [9.17, 15) is 13.2 Å². The minimum Gasteiger partial charge on any atom is -0.232 e. The Balaban J connectivity index is 1.70. The molecule has 1 aliphatic rings. The Bertz CT molecular complexity index is 1530. The number of pyridine rings is 1. The molecule has 0 aliphatic heterocycles. The molecule has 0 saturated carbocycles. The van der Waals surface area contributed by atoms with Crippen LogP contribution in [0, 0.1) is 6.92 Å². The number of aromatic nitrogens is 3. The summed E-state index contributed by atoms with van der Waals surface area (Å²) in [5.41, 5.74) is 7.59. The molecule has 1 aliphatic carbocycles. The molecule has 0 N–H and O–H groups in total. The van der Waals surface area contributed by atoms with Crippen molar-refractivity contribution in [3.63, 3.8) is 0 Å². The lowest BCUT2D eigenvalue weighted by Gasteiger charge is -2.23. The molecule has 0 atom stereocenters. The van der Waals surface area contributed by atoms with E-state index in [0.29, 0.717) is 0 Å². The first-order chi connectivity index (χ1) is 16.4. The van der Waals surface area contributed by atoms with E-state index in [0.717, 1.165) is 75.3 Å². The van der Waals surface area contributed by atoms with Crippen LogP contribution in [0.15, 0.2) is 78.9 Å². The summed E-state index contributed by atoms with van der Waals surface area (Å²) in [6.07, 6.45) is -2.76. The van der Waals surface area contributed by atoms with Gasteiger partial charge in [-0.1, -0.05) is 54.6 Å². The standard InChI is InChI=1S/C28H20F3N3/c1-17-24-25(19-11-14-20(15-12-19)28(29,30)31)26-22-10-6-5-7-18(22)13-16-23(26)32-27(24)34(33-17)21-8-3-2-4-9-21/h2-12,14-15H,13,16H2,1H3. The second kappa shape index (κ2) is 7.55. The number of benzene rings is 3. The van der Waals surface area contributed by atoms with Crippen molar-refractivity contribution in [1.82, 2.24) is 14.8 Å². The summed E-state index contributed by atoms with van der Waals surface area (Å²) in [6.45, 7) is 1.93. The van der Waals surface area contributed by atoms with E-state index < -0.39 is 11.7 Å². The summed E-state index contributed by atoms with van der Waals surface area (Å²) in [6, 6.07) is 23.4. The SMILES string of the molecule is Cc1nn(-c2ccccc2)c2nc3c(c(-c4ccc(C(F)(F)F)cc4)c12)-c1ccccc1CC3. The van der Waals surface area contributed by atoms with Crippen molar-refractivity contribution < 1.29 is 13.2 Å². The highest BCUT2D eigenvalue weighted by Crippen LogP contribution is 2.45. The largest absolute Gasteiger partial charge is 0.416 e. The van der Waals surface area contributed by atoms with Crippen LogP contribution in [0.2, 0.25) is 0 Å². The van der Waals surface area contributed by atoms with Gasteiger partial charge in [0.1, 0.15) is 0 Å². The van der Waals surface area contributed by atoms with Gasteiger partial charge in [-0.15, -0.1) is 0 Å². The number of para-hydroxylation sites is 1. The van der Waals surface area contributed by atoms with Gasteiger partial charge >= 0.3 is 6.18 Å². The number of hydrogen-bond acceptors (Lipinski definition) is 2. The smallest absolute Gasteiger partial charge is 0.232 e. The monoisotopic (exact) mass is 455 g/mol. The third-order valence-electron chi connectivity index (χ3n) is 6.48. The summed E-state index contributed by atoms with van der Waals surface area (Å²) < 4.78 is 41.7. The van der Waals surface area contributed by atoms with E-state index in [1.54, 1.807) is 12.1 Å². The van der Waals surface area contributed by atoms with Crippen molar-refractivity contribution in [3.8, 4) is 27.9 Å². The fourth-order valence-electron chi connectivity index (χ4n) is 4.93. The number of fused-ring (bicyclic) bond motifs is 4. The minimum atomic E-state index is -4.38. The van der Waals surface area contributed by atoms with Crippen LogP contribution in [-0.2, 0) is 19.0 Å². The van der Waals surface area contributed by atoms with Crippen molar-refractivity contribution >= 4 is 11.0 Å². The van der Waals surface area contributed by atoms with Gasteiger partial charge in [0.2, 0.25) is 0 Å². The second-order valence-electron chi connectivity index (χ2n) is 8.57. The predicted molar refractivity (Wildman–Crippen MR) is 127 cm³/mol. The third-order valence-corrected chi connectivity index (χ3v) is 6.48. The van der Waals surface area contributed by atoms with E-state index in [2.05, 4.69) is 12.1 Å². The van der Waals surface area contributed by atoms with Gasteiger partial charge in [0.25, 0.3) is 0 Å². The summed E-state index contributed by atoms with van der Waals surface area (Å²) in [7, 11) is 0. The molecule has 6 heteroatoms. The Morgan fingerprint density at radius 3 is 2.24 bits per heavy atom. The van der Waals surface area contributed by atoms with Crippen LogP contribution < -0.4 is 0 Å². The molecule has 0 fully saturated rings. The number of halogens is 3. The Labute approximate surface area is 194 Å². The summed E-state index contributed by atoms with van der Waals surface area (Å²) in [5.74, 6) is 0. The normalized spacial score (nSPS) is 13.1. The Hall–Kier alpha value is -3.93. The zero-order chi connectivity index (χ0) is 23.4. The summed E-state index contributed by atoms with van der Waals surface area (Å²) >= 11 is 0. The highest BCUT2D eigenvalue weighted by molar-refractivity contribution is 6.04. The molecular formula is C28H20F3N3. The van der Waals surface area contributed by atoms with Gasteiger partial charge in [0, 0.05) is 11.1 Å². The number of alkyl halides is 3. The van der Waals surface area contributed by atoms with Gasteiger partial charge in [0.15, 0.2) is 5.65 Å². The maximum Gasteiger partial charge on any atom is 0.416 e. The van der Waals surface area contributed by atoms with Crippen molar-refractivity contribution in [2.45, 2.75) is 25.9 Å². The molecule has 34 heavy (non-hydrogen) atoms. The van der Waals surface area contributed by atoms with Crippen LogP contribution in [-0.4, -0.2) is 14.8 Å². The maximum atomic E-state index is 13.3. The summed E-state index contributed by atoms with van der Waals surface area (Å²) in [4.78, 5) is 5.08. The minimum absolute atomic E-state index is 0.660. The van der Waals surface area contributed by atoms with Crippen molar-refractivity contribution in [1.29, 1.82) is 0 Å². The van der Waals surface area contributed by atoms with E-state index in [4.69, 9.17) is 10.1 Å². The molecule has 5 aromatic rings. The van der Waals surface area contributed by atoms with Crippen LogP contribution >= 0.6 is 0 Å². The average molecular weight is 455 g/mol. The molecule has 0 bridgehead atoms. The lowest BCUT2D eigenvalue weighted by Crippen LogP contribution is -2.09. The zero-order valence-corrected chi connectivity index (χ0v) is 18.4. The van der Waals surface area contributed by atoms with Crippen LogP contribution in [0.4, 0.5) is 13.2 Å². The van der Waals surface area contributed by atoms with E-state index >= 15 is 0 Å². The Morgan fingerprint density at radius 2 is 1.50 bits per heavy atom. The van der Waals surface area contributed by atoms with Gasteiger partial charge in [-0.2, -0.15) is 18.3 Å². The first-order valence-electron chi connectivity index (χ1n) is 11.2. The molecule has 6 rings (SSSR count). The van der Waals surface area contributed by atoms with Gasteiger partial charge in [-0.05, 0) is 60.7 Å². The Morgan fingerprint density at radius 1 is 0.794 bits per heavy atom. The van der Waals surface area contributed by atoms with Gasteiger partial charge < -0.3 is 0 Å². The molecule has 0 amide bonds. The molecule has 168 valence electrons. The number of aryl methyl sites for hydroxylation is 3. The van der Waals surface area contributed by atoms with Gasteiger partial charge in [-0.25, -0.2) is 9.67 Å². The number of hydrogen-bond donors (Lipinski definition) is 0. The van der Waals surface area contributed by atoms with E-state index in [1.165, 1.54) is 5.56 Å². The predicted octanol–water partition coefficient (Wildman–Crippen LogP) is 7.18. The van der Waals surface area contributed by atoms with E-state index in [1.807, 2.05) is 54.1 Å². The molecule has 0 spiro atoms. The maximum absolute atomic E-state index is 13.3. The fourth-order valence-corrected chi connectivity index (χ4v) is 4.93. The highest BCUT2D eigenvalue weighted by Gasteiger charge is 2.31. The quantitative estimate of drug-likeness (QED) is 0.282. The lowest BCUT2D eigenvalue weighted by atomic mass is 9.82. The van der Waals surface area contributed by atoms with Crippen LogP contribution in [0.1, 0.15) is 22.5 Å². The zero-order valence-electron chi connectivity index (χ0n) is 18.4. The first-order valence-corrected chi connectivity index (χ1v) is 11.2. The fraction of sp³-hybridized carbons (Fsp3) is 0.143. The van der Waals surface area contributed by atoms with Crippen LogP contribution in [0.25, 0.3) is 39.0 Å². The summed E-state index contributed by atoms with van der Waals surface area (Å²) in [5, 5.41) is 5.66. The highest BCUT2D eigenvalue weighted by atomic mass is 19.4. The molecule has 0 saturated heterocycles.